The van der Waals surface area contributed by atoms with Gasteiger partial charge < -0.3 is 20.7 Å². The van der Waals surface area contributed by atoms with Crippen molar-refractivity contribution in [3.63, 3.8) is 0 Å². The van der Waals surface area contributed by atoms with Gasteiger partial charge in [0, 0.05) is 13.5 Å². The predicted molar refractivity (Wildman–Crippen MR) is 65.0 cm³/mol. The number of carboxylic acids is 1. The Morgan fingerprint density at radius 2 is 2.00 bits per heavy atom. The van der Waals surface area contributed by atoms with Crippen LogP contribution in [0, 0.1) is 0 Å². The lowest BCUT2D eigenvalue weighted by atomic mass is 10.1. The Bertz CT molecular complexity index is 455. The van der Waals surface area contributed by atoms with Crippen LogP contribution in [0.4, 0.5) is 0 Å². The number of amides is 1. The standard InChI is InChI=1S/C11H15N3O6/c1-6(15)9(20-2)10(17)14-8(11(18)19)4-3-7(16)5-13-12/h5,8-9H,3-4H2,1-2H3,(H,14,17)(H,18,19)/t8-,9-/m0/s1. The van der Waals surface area contributed by atoms with Gasteiger partial charge in [-0.05, 0) is 13.3 Å². The van der Waals surface area contributed by atoms with Crippen molar-refractivity contribution in [1.82, 2.24) is 5.32 Å². The second-order valence-corrected chi connectivity index (χ2v) is 3.88. The van der Waals surface area contributed by atoms with Gasteiger partial charge in [-0.2, -0.15) is 4.79 Å². The van der Waals surface area contributed by atoms with Crippen LogP contribution in [0.1, 0.15) is 19.8 Å². The fraction of sp³-hybridized carbons (Fsp3) is 0.545. The number of ketones is 2. The lowest BCUT2D eigenvalue weighted by Gasteiger charge is -2.17. The summed E-state index contributed by atoms with van der Waals surface area (Å²) in [6.07, 6.45) is -1.21. The molecule has 0 aromatic carbocycles. The minimum atomic E-state index is -1.40. The number of carbonyl (C=O) groups is 4. The fourth-order valence-corrected chi connectivity index (χ4v) is 1.38. The molecule has 20 heavy (non-hydrogen) atoms. The lowest BCUT2D eigenvalue weighted by molar-refractivity contribution is -0.147. The van der Waals surface area contributed by atoms with Gasteiger partial charge in [0.15, 0.2) is 11.9 Å². The molecule has 0 aliphatic carbocycles. The normalized spacial score (nSPS) is 12.7. The van der Waals surface area contributed by atoms with Crippen molar-refractivity contribution in [2.75, 3.05) is 7.11 Å². The summed E-state index contributed by atoms with van der Waals surface area (Å²) >= 11 is 0. The first-order valence-corrected chi connectivity index (χ1v) is 5.60. The van der Waals surface area contributed by atoms with Crippen molar-refractivity contribution < 1.29 is 33.8 Å². The first kappa shape index (κ1) is 17.6. The zero-order chi connectivity index (χ0) is 15.7. The van der Waals surface area contributed by atoms with Gasteiger partial charge in [0.05, 0.1) is 0 Å². The smallest absolute Gasteiger partial charge is 0.326 e. The third-order valence-corrected chi connectivity index (χ3v) is 2.34. The highest BCUT2D eigenvalue weighted by atomic mass is 16.5. The van der Waals surface area contributed by atoms with E-state index in [4.69, 9.17) is 10.6 Å². The predicted octanol–water partition coefficient (Wildman–Crippen LogP) is -1.19. The Labute approximate surface area is 114 Å². The topological polar surface area (TPSA) is 146 Å². The Morgan fingerprint density at radius 1 is 1.40 bits per heavy atom. The number of Topliss-reactive ketones (excluding diaryl/α,β-unsaturated/α-hetero) is 2. The molecule has 9 nitrogen and oxygen atoms in total. The Balaban J connectivity index is 4.66. The van der Waals surface area contributed by atoms with E-state index in [0.717, 1.165) is 14.0 Å². The summed E-state index contributed by atoms with van der Waals surface area (Å²) in [7, 11) is 1.14. The van der Waals surface area contributed by atoms with Crippen LogP contribution >= 0.6 is 0 Å². The molecule has 1 amide bonds. The molecule has 0 aliphatic heterocycles. The van der Waals surface area contributed by atoms with Gasteiger partial charge in [-0.15, -0.1) is 0 Å². The van der Waals surface area contributed by atoms with Crippen LogP contribution in [0.15, 0.2) is 0 Å². The maximum atomic E-state index is 11.6. The molecule has 0 aromatic heterocycles. The average molecular weight is 285 g/mol. The molecule has 0 saturated heterocycles. The van der Waals surface area contributed by atoms with Crippen LogP contribution in [-0.2, 0) is 23.9 Å². The van der Waals surface area contributed by atoms with Crippen molar-refractivity contribution in [2.24, 2.45) is 0 Å². The molecule has 0 heterocycles. The average Bonchev–Trinajstić information content (AvgIpc) is 2.34. The van der Waals surface area contributed by atoms with Gasteiger partial charge in [0.1, 0.15) is 6.04 Å². The van der Waals surface area contributed by atoms with Crippen molar-refractivity contribution in [3.05, 3.63) is 5.53 Å². The zero-order valence-electron chi connectivity index (χ0n) is 11.0. The molecule has 0 spiro atoms. The van der Waals surface area contributed by atoms with Crippen LogP contribution in [0.2, 0.25) is 0 Å². The maximum absolute atomic E-state index is 11.6. The number of nitrogens with one attached hydrogen (secondary N) is 1. The summed E-state index contributed by atoms with van der Waals surface area (Å²) in [5, 5.41) is 11.0. The Kier molecular flexibility index (Phi) is 7.64. The van der Waals surface area contributed by atoms with Gasteiger partial charge >= 0.3 is 12.2 Å². The first-order chi connectivity index (χ1) is 9.33. The molecule has 0 unspecified atom stereocenters. The van der Waals surface area contributed by atoms with E-state index in [1.165, 1.54) is 0 Å². The summed E-state index contributed by atoms with van der Waals surface area (Å²) in [6.45, 7) is 1.13. The third-order valence-electron chi connectivity index (χ3n) is 2.34. The number of hydrogen-bond acceptors (Lipinski definition) is 5. The fourth-order valence-electron chi connectivity index (χ4n) is 1.38. The molecule has 0 aromatic rings. The summed E-state index contributed by atoms with van der Waals surface area (Å²) < 4.78 is 4.64. The summed E-state index contributed by atoms with van der Waals surface area (Å²) in [6, 6.07) is -1.35. The van der Waals surface area contributed by atoms with Gasteiger partial charge in [-0.3, -0.25) is 14.4 Å². The maximum Gasteiger partial charge on any atom is 0.326 e. The van der Waals surface area contributed by atoms with Gasteiger partial charge in [0.25, 0.3) is 5.91 Å². The van der Waals surface area contributed by atoms with E-state index in [2.05, 4.69) is 14.8 Å². The quantitative estimate of drug-likeness (QED) is 0.236. The first-order valence-electron chi connectivity index (χ1n) is 5.60. The molecule has 2 N–H and O–H groups in total. The van der Waals surface area contributed by atoms with E-state index in [1.54, 1.807) is 0 Å². The number of methoxy groups -OCH3 is 1. The largest absolute Gasteiger partial charge is 0.480 e. The van der Waals surface area contributed by atoms with Crippen LogP contribution in [-0.4, -0.2) is 58.8 Å². The van der Waals surface area contributed by atoms with Crippen molar-refractivity contribution >= 4 is 29.7 Å². The van der Waals surface area contributed by atoms with E-state index in [-0.39, 0.29) is 12.8 Å². The highest BCUT2D eigenvalue weighted by Gasteiger charge is 2.28. The van der Waals surface area contributed by atoms with E-state index < -0.39 is 35.6 Å². The van der Waals surface area contributed by atoms with E-state index in [9.17, 15) is 19.2 Å². The van der Waals surface area contributed by atoms with E-state index in [1.807, 2.05) is 0 Å². The second-order valence-electron chi connectivity index (χ2n) is 3.88. The summed E-state index contributed by atoms with van der Waals surface area (Å²) in [5.74, 6) is -3.42. The molecule has 0 saturated carbocycles. The van der Waals surface area contributed by atoms with Crippen LogP contribution in [0.3, 0.4) is 0 Å². The Hall–Kier alpha value is -2.38. The highest BCUT2D eigenvalue weighted by molar-refractivity contribution is 6.25. The molecule has 9 heteroatoms. The minimum absolute atomic E-state index is 0.208. The van der Waals surface area contributed by atoms with Crippen LogP contribution in [0.25, 0.3) is 5.53 Å². The molecule has 2 atom stereocenters. The molecular formula is C11H15N3O6. The van der Waals surface area contributed by atoms with E-state index >= 15 is 0 Å². The SMILES string of the molecule is CO[C@@H](C(C)=O)C(=O)N[C@@H](CCC(=O)C=[N+]=[N-])C(=O)O. The number of aliphatic carboxylic acids is 1. The monoisotopic (exact) mass is 285 g/mol. The van der Waals surface area contributed by atoms with Crippen molar-refractivity contribution in [2.45, 2.75) is 31.9 Å². The van der Waals surface area contributed by atoms with Crippen molar-refractivity contribution in [1.29, 1.82) is 0 Å². The summed E-state index contributed by atoms with van der Waals surface area (Å²) in [5.41, 5.74) is 8.13. The number of rotatable bonds is 9. The third kappa shape index (κ3) is 5.98. The molecule has 0 radical (unpaired) electrons. The zero-order valence-corrected chi connectivity index (χ0v) is 11.0. The molecule has 0 bridgehead atoms. The molecular weight excluding hydrogens is 270 g/mol. The Morgan fingerprint density at radius 3 is 2.40 bits per heavy atom. The number of ether oxygens (including phenoxy) is 1. The van der Waals surface area contributed by atoms with Gasteiger partial charge in [-0.25, -0.2) is 4.79 Å². The highest BCUT2D eigenvalue weighted by Crippen LogP contribution is 2.01. The lowest BCUT2D eigenvalue weighted by Crippen LogP contribution is -2.48. The second kappa shape index (κ2) is 8.68. The molecule has 0 rings (SSSR count). The molecule has 0 aliphatic rings. The number of carbonyl (C=O) groups excluding carboxylic acids is 3. The van der Waals surface area contributed by atoms with Crippen molar-refractivity contribution in [3.8, 4) is 0 Å². The van der Waals surface area contributed by atoms with Gasteiger partial charge in [0.2, 0.25) is 5.78 Å². The van der Waals surface area contributed by atoms with Crippen LogP contribution in [0.5, 0.6) is 0 Å². The van der Waals surface area contributed by atoms with Crippen LogP contribution < -0.4 is 5.32 Å². The summed E-state index contributed by atoms with van der Waals surface area (Å²) in [4.78, 5) is 47.2. The number of nitrogens with zero attached hydrogens (tertiary/aromatic N) is 2. The number of carboxylic acid groups (broad SMARTS) is 1. The molecule has 0 fully saturated rings. The molecule has 110 valence electrons. The number of hydrogen-bond donors (Lipinski definition) is 2. The minimum Gasteiger partial charge on any atom is -0.480 e. The van der Waals surface area contributed by atoms with Gasteiger partial charge in [-0.1, -0.05) is 0 Å². The van der Waals surface area contributed by atoms with E-state index in [0.29, 0.717) is 6.21 Å².